The van der Waals surface area contributed by atoms with Crippen molar-refractivity contribution >= 4 is 0 Å². The van der Waals surface area contributed by atoms with E-state index in [1.54, 1.807) is 7.11 Å². The smallest absolute Gasteiger partial charge is 0.124 e. The van der Waals surface area contributed by atoms with Crippen LogP contribution in [0.15, 0.2) is 12.1 Å². The summed E-state index contributed by atoms with van der Waals surface area (Å²) >= 11 is 0. The van der Waals surface area contributed by atoms with Crippen molar-refractivity contribution in [2.24, 2.45) is 0 Å². The van der Waals surface area contributed by atoms with Gasteiger partial charge in [0.25, 0.3) is 0 Å². The van der Waals surface area contributed by atoms with Crippen molar-refractivity contribution in [3.63, 3.8) is 0 Å². The minimum absolute atomic E-state index is 0.593. The van der Waals surface area contributed by atoms with Gasteiger partial charge in [0.1, 0.15) is 5.75 Å². The van der Waals surface area contributed by atoms with Crippen molar-refractivity contribution in [3.05, 3.63) is 28.8 Å². The van der Waals surface area contributed by atoms with Crippen LogP contribution in [0.4, 0.5) is 0 Å². The lowest BCUT2D eigenvalue weighted by atomic mass is 10.0. The van der Waals surface area contributed by atoms with Gasteiger partial charge in [0, 0.05) is 6.04 Å². The molecule has 0 aliphatic carbocycles. The van der Waals surface area contributed by atoms with Gasteiger partial charge in [-0.15, -0.1) is 0 Å². The predicted molar refractivity (Wildman–Crippen MR) is 78.5 cm³/mol. The Morgan fingerprint density at radius 1 is 1.11 bits per heavy atom. The first kappa shape index (κ1) is 15.0. The number of rotatable bonds is 7. The number of hydrogen-bond acceptors (Lipinski definition) is 2. The zero-order chi connectivity index (χ0) is 13.5. The molecule has 0 saturated carbocycles. The quantitative estimate of drug-likeness (QED) is 0.745. The van der Waals surface area contributed by atoms with Gasteiger partial charge in [0.05, 0.1) is 7.11 Å². The van der Waals surface area contributed by atoms with Crippen molar-refractivity contribution in [3.8, 4) is 5.75 Å². The molecule has 2 nitrogen and oxygen atoms in total. The van der Waals surface area contributed by atoms with Gasteiger partial charge >= 0.3 is 0 Å². The fourth-order valence-electron chi connectivity index (χ4n) is 2.35. The minimum atomic E-state index is 0.593. The molecular formula is C16H27NO. The second kappa shape index (κ2) is 7.42. The standard InChI is InChI=1S/C16H27NO/c1-12(2)17-9-7-6-8-15-10-13(3)16(18-5)14(4)11-15/h10-12,17H,6-9H2,1-5H3. The van der Waals surface area contributed by atoms with Gasteiger partial charge in [-0.2, -0.15) is 0 Å². The van der Waals surface area contributed by atoms with E-state index in [1.807, 2.05) is 0 Å². The molecule has 1 aromatic rings. The van der Waals surface area contributed by atoms with E-state index in [2.05, 4.69) is 45.1 Å². The average Bonchev–Trinajstić information content (AvgIpc) is 2.27. The van der Waals surface area contributed by atoms with Gasteiger partial charge in [-0.05, 0) is 56.3 Å². The predicted octanol–water partition coefficient (Wildman–Crippen LogP) is 3.63. The van der Waals surface area contributed by atoms with Gasteiger partial charge in [-0.3, -0.25) is 0 Å². The van der Waals surface area contributed by atoms with Gasteiger partial charge < -0.3 is 10.1 Å². The summed E-state index contributed by atoms with van der Waals surface area (Å²) in [6, 6.07) is 5.10. The van der Waals surface area contributed by atoms with Crippen LogP contribution in [0.3, 0.4) is 0 Å². The molecule has 1 aromatic carbocycles. The fourth-order valence-corrected chi connectivity index (χ4v) is 2.35. The number of aryl methyl sites for hydroxylation is 3. The van der Waals surface area contributed by atoms with Crippen molar-refractivity contribution in [2.45, 2.75) is 53.0 Å². The lowest BCUT2D eigenvalue weighted by Gasteiger charge is -2.12. The fraction of sp³-hybridized carbons (Fsp3) is 0.625. The molecule has 0 aliphatic rings. The van der Waals surface area contributed by atoms with Crippen LogP contribution in [0.5, 0.6) is 5.75 Å². The maximum atomic E-state index is 5.39. The maximum Gasteiger partial charge on any atom is 0.124 e. The van der Waals surface area contributed by atoms with Crippen molar-refractivity contribution in [1.82, 2.24) is 5.32 Å². The molecule has 0 radical (unpaired) electrons. The van der Waals surface area contributed by atoms with E-state index in [9.17, 15) is 0 Å². The Hall–Kier alpha value is -1.02. The Kier molecular flexibility index (Phi) is 6.20. The average molecular weight is 249 g/mol. The summed E-state index contributed by atoms with van der Waals surface area (Å²) in [5.74, 6) is 1.03. The maximum absolute atomic E-state index is 5.39. The first-order valence-corrected chi connectivity index (χ1v) is 6.92. The van der Waals surface area contributed by atoms with Gasteiger partial charge in [0.15, 0.2) is 0 Å². The zero-order valence-electron chi connectivity index (χ0n) is 12.5. The highest BCUT2D eigenvalue weighted by atomic mass is 16.5. The van der Waals surface area contributed by atoms with E-state index >= 15 is 0 Å². The topological polar surface area (TPSA) is 21.3 Å². The molecule has 0 bridgehead atoms. The van der Waals surface area contributed by atoms with Crippen LogP contribution in [0.25, 0.3) is 0 Å². The lowest BCUT2D eigenvalue weighted by Crippen LogP contribution is -2.23. The highest BCUT2D eigenvalue weighted by Crippen LogP contribution is 2.24. The van der Waals surface area contributed by atoms with Crippen LogP contribution in [0, 0.1) is 13.8 Å². The van der Waals surface area contributed by atoms with Crippen LogP contribution in [-0.4, -0.2) is 19.7 Å². The normalized spacial score (nSPS) is 11.0. The first-order chi connectivity index (χ1) is 8.54. The molecule has 0 aliphatic heterocycles. The summed E-state index contributed by atoms with van der Waals surface area (Å²) in [7, 11) is 1.74. The third-order valence-corrected chi connectivity index (χ3v) is 3.17. The summed E-state index contributed by atoms with van der Waals surface area (Å²) < 4.78 is 5.39. The van der Waals surface area contributed by atoms with Crippen LogP contribution < -0.4 is 10.1 Å². The second-order valence-corrected chi connectivity index (χ2v) is 5.33. The molecule has 0 spiro atoms. The SMILES string of the molecule is COc1c(C)cc(CCCCNC(C)C)cc1C. The third-order valence-electron chi connectivity index (χ3n) is 3.17. The van der Waals surface area contributed by atoms with Crippen molar-refractivity contribution in [2.75, 3.05) is 13.7 Å². The number of hydrogen-bond donors (Lipinski definition) is 1. The molecule has 0 heterocycles. The van der Waals surface area contributed by atoms with Crippen LogP contribution >= 0.6 is 0 Å². The molecule has 0 amide bonds. The Balaban J connectivity index is 2.44. The Bertz CT molecular complexity index is 348. The van der Waals surface area contributed by atoms with E-state index in [0.717, 1.165) is 18.7 Å². The van der Waals surface area contributed by atoms with Crippen molar-refractivity contribution in [1.29, 1.82) is 0 Å². The summed E-state index contributed by atoms with van der Waals surface area (Å²) in [6.45, 7) is 9.74. The zero-order valence-corrected chi connectivity index (χ0v) is 12.5. The van der Waals surface area contributed by atoms with E-state index in [-0.39, 0.29) is 0 Å². The number of methoxy groups -OCH3 is 1. The van der Waals surface area contributed by atoms with E-state index < -0.39 is 0 Å². The molecule has 0 aromatic heterocycles. The van der Waals surface area contributed by atoms with E-state index in [4.69, 9.17) is 4.74 Å². The molecule has 0 fully saturated rings. The van der Waals surface area contributed by atoms with Crippen molar-refractivity contribution < 1.29 is 4.74 Å². The molecular weight excluding hydrogens is 222 g/mol. The monoisotopic (exact) mass is 249 g/mol. The van der Waals surface area contributed by atoms with Gasteiger partial charge in [-0.25, -0.2) is 0 Å². The van der Waals surface area contributed by atoms with Crippen LogP contribution in [0.2, 0.25) is 0 Å². The molecule has 18 heavy (non-hydrogen) atoms. The van der Waals surface area contributed by atoms with Crippen LogP contribution in [0.1, 0.15) is 43.4 Å². The number of nitrogens with one attached hydrogen (secondary N) is 1. The molecule has 0 unspecified atom stereocenters. The highest BCUT2D eigenvalue weighted by molar-refractivity contribution is 5.43. The Morgan fingerprint density at radius 3 is 2.22 bits per heavy atom. The highest BCUT2D eigenvalue weighted by Gasteiger charge is 2.05. The molecule has 0 saturated heterocycles. The molecule has 1 rings (SSSR count). The summed E-state index contributed by atoms with van der Waals surface area (Å²) in [5, 5.41) is 3.45. The van der Waals surface area contributed by atoms with Gasteiger partial charge in [0.2, 0.25) is 0 Å². The Labute approximate surface area is 112 Å². The molecule has 0 atom stereocenters. The second-order valence-electron chi connectivity index (χ2n) is 5.33. The summed E-state index contributed by atoms with van der Waals surface area (Å²) in [5.41, 5.74) is 3.91. The summed E-state index contributed by atoms with van der Waals surface area (Å²) in [4.78, 5) is 0. The number of benzene rings is 1. The summed E-state index contributed by atoms with van der Waals surface area (Å²) in [6.07, 6.45) is 3.64. The number of ether oxygens (including phenoxy) is 1. The largest absolute Gasteiger partial charge is 0.496 e. The minimum Gasteiger partial charge on any atom is -0.496 e. The lowest BCUT2D eigenvalue weighted by molar-refractivity contribution is 0.408. The Morgan fingerprint density at radius 2 is 1.72 bits per heavy atom. The molecule has 1 N–H and O–H groups in total. The molecule has 2 heteroatoms. The van der Waals surface area contributed by atoms with E-state index in [1.165, 1.54) is 29.5 Å². The third kappa shape index (κ3) is 4.69. The number of unbranched alkanes of at least 4 members (excludes halogenated alkanes) is 1. The van der Waals surface area contributed by atoms with E-state index in [0.29, 0.717) is 6.04 Å². The van der Waals surface area contributed by atoms with Crippen LogP contribution in [-0.2, 0) is 6.42 Å². The molecule has 102 valence electrons. The van der Waals surface area contributed by atoms with Gasteiger partial charge in [-0.1, -0.05) is 26.0 Å². The first-order valence-electron chi connectivity index (χ1n) is 6.92.